The number of anilines is 1. The minimum atomic E-state index is -3.65. The fourth-order valence-corrected chi connectivity index (χ4v) is 3.87. The third kappa shape index (κ3) is 4.08. The van der Waals surface area contributed by atoms with Crippen LogP contribution in [0, 0.1) is 12.3 Å². The van der Waals surface area contributed by atoms with E-state index in [4.69, 9.17) is 27.9 Å². The van der Waals surface area contributed by atoms with Crippen LogP contribution in [0.4, 0.5) is 5.69 Å². The Hall–Kier alpha value is -1.35. The molecule has 0 bridgehead atoms. The summed E-state index contributed by atoms with van der Waals surface area (Å²) in [7, 11) is -2.36. The highest BCUT2D eigenvalue weighted by atomic mass is 35.5. The fraction of sp³-hybridized carbons (Fsp3) is 0.467. The number of aryl methyl sites for hydroxylation is 1. The predicted octanol–water partition coefficient (Wildman–Crippen LogP) is 1.97. The molecule has 1 aliphatic carbocycles. The van der Waals surface area contributed by atoms with Gasteiger partial charge in [-0.25, -0.2) is 13.1 Å². The zero-order valence-electron chi connectivity index (χ0n) is 13.9. The molecule has 2 N–H and O–H groups in total. The van der Waals surface area contributed by atoms with E-state index in [0.717, 1.165) is 0 Å². The van der Waals surface area contributed by atoms with Gasteiger partial charge in [0.1, 0.15) is 9.75 Å². The topological polar surface area (TPSA) is 102 Å². The Balaban J connectivity index is 2.00. The molecule has 1 aromatic carbocycles. The number of benzene rings is 1. The van der Waals surface area contributed by atoms with E-state index in [1.807, 2.05) is 0 Å². The van der Waals surface area contributed by atoms with Gasteiger partial charge in [-0.3, -0.25) is 9.59 Å². The quantitative estimate of drug-likeness (QED) is 0.553. The molecule has 1 saturated carbocycles. The molecule has 0 aliphatic heterocycles. The van der Waals surface area contributed by atoms with E-state index in [9.17, 15) is 18.0 Å². The molecule has 1 aliphatic rings. The molecular weight excluding hydrogens is 391 g/mol. The lowest BCUT2D eigenvalue weighted by Crippen LogP contribution is -2.27. The minimum Gasteiger partial charge on any atom is -0.455 e. The number of rotatable bonds is 6. The summed E-state index contributed by atoms with van der Waals surface area (Å²) in [4.78, 5) is 23.9. The highest BCUT2D eigenvalue weighted by Crippen LogP contribution is 2.64. The van der Waals surface area contributed by atoms with Crippen LogP contribution in [-0.4, -0.2) is 38.3 Å². The fourth-order valence-electron chi connectivity index (χ4n) is 2.19. The summed E-state index contributed by atoms with van der Waals surface area (Å²) in [5.74, 6) is -1.26. The number of alkyl halides is 2. The number of hydrogen-bond acceptors (Lipinski definition) is 5. The van der Waals surface area contributed by atoms with E-state index >= 15 is 0 Å². The van der Waals surface area contributed by atoms with Crippen LogP contribution < -0.4 is 10.0 Å². The molecule has 1 atom stereocenters. The maximum absolute atomic E-state index is 11.9. The summed E-state index contributed by atoms with van der Waals surface area (Å²) < 4.78 is 29.8. The first kappa shape index (κ1) is 20.0. The van der Waals surface area contributed by atoms with E-state index in [1.165, 1.54) is 13.1 Å². The number of hydrogen-bond donors (Lipinski definition) is 2. The first-order chi connectivity index (χ1) is 11.4. The minimum absolute atomic E-state index is 0.0457. The molecule has 0 spiro atoms. The van der Waals surface area contributed by atoms with Crippen molar-refractivity contribution in [3.05, 3.63) is 23.8 Å². The second kappa shape index (κ2) is 6.75. The van der Waals surface area contributed by atoms with Crippen molar-refractivity contribution in [2.45, 2.75) is 29.5 Å². The van der Waals surface area contributed by atoms with Crippen molar-refractivity contribution < 1.29 is 22.7 Å². The van der Waals surface area contributed by atoms with Crippen molar-refractivity contribution in [1.82, 2.24) is 4.72 Å². The molecule has 138 valence electrons. The second-order valence-corrected chi connectivity index (χ2v) is 9.36. The summed E-state index contributed by atoms with van der Waals surface area (Å²) in [6.07, 6.45) is 0.257. The molecule has 7 nitrogen and oxygen atoms in total. The maximum Gasteiger partial charge on any atom is 0.315 e. The zero-order chi connectivity index (χ0) is 19.0. The molecule has 2 rings (SSSR count). The molecule has 0 heterocycles. The summed E-state index contributed by atoms with van der Waals surface area (Å²) in [6.45, 7) is 2.67. The summed E-state index contributed by atoms with van der Waals surface area (Å²) in [5.41, 5.74) is -0.225. The Bertz CT molecular complexity index is 825. The van der Waals surface area contributed by atoms with E-state index in [0.29, 0.717) is 5.56 Å². The van der Waals surface area contributed by atoms with Gasteiger partial charge in [-0.2, -0.15) is 0 Å². The molecule has 0 unspecified atom stereocenters. The molecular formula is C15H18Cl2N2O5S. The van der Waals surface area contributed by atoms with Crippen molar-refractivity contribution in [1.29, 1.82) is 0 Å². The van der Waals surface area contributed by atoms with Crippen molar-refractivity contribution in [3.63, 3.8) is 0 Å². The SMILES string of the molecule is CNS(=O)(=O)c1cc(NC(=O)COC(=O)[C@@]2(C)CC2(Cl)Cl)ccc1C. The van der Waals surface area contributed by atoms with E-state index in [-0.39, 0.29) is 17.0 Å². The third-order valence-electron chi connectivity index (χ3n) is 4.07. The van der Waals surface area contributed by atoms with Crippen LogP contribution in [0.1, 0.15) is 18.9 Å². The molecule has 25 heavy (non-hydrogen) atoms. The summed E-state index contributed by atoms with van der Waals surface area (Å²) >= 11 is 11.8. The van der Waals surface area contributed by atoms with Crippen LogP contribution in [-0.2, 0) is 24.3 Å². The van der Waals surface area contributed by atoms with Gasteiger partial charge >= 0.3 is 5.97 Å². The van der Waals surface area contributed by atoms with Gasteiger partial charge in [0.05, 0.1) is 4.90 Å². The summed E-state index contributed by atoms with van der Waals surface area (Å²) in [5, 5.41) is 2.48. The molecule has 0 radical (unpaired) electrons. The van der Waals surface area contributed by atoms with E-state index in [2.05, 4.69) is 10.0 Å². The highest BCUT2D eigenvalue weighted by molar-refractivity contribution is 7.89. The Morgan fingerprint density at radius 2 is 1.92 bits per heavy atom. The lowest BCUT2D eigenvalue weighted by molar-refractivity contribution is -0.152. The maximum atomic E-state index is 11.9. The van der Waals surface area contributed by atoms with Crippen molar-refractivity contribution in [3.8, 4) is 0 Å². The number of esters is 1. The number of sulfonamides is 1. The second-order valence-electron chi connectivity index (χ2n) is 6.03. The third-order valence-corrected chi connectivity index (χ3v) is 6.73. The standard InChI is InChI=1S/C15H18Cl2N2O5S/c1-9-4-5-10(6-11(9)25(22,23)18-3)19-12(20)7-24-13(21)14(2)8-15(14,16)17/h4-6,18H,7-8H2,1-3H3,(H,19,20)/t14-/m1/s1. The Morgan fingerprint density at radius 1 is 1.32 bits per heavy atom. The Morgan fingerprint density at radius 3 is 2.44 bits per heavy atom. The number of carbonyl (C=O) groups excluding carboxylic acids is 2. The monoisotopic (exact) mass is 408 g/mol. The smallest absolute Gasteiger partial charge is 0.315 e. The van der Waals surface area contributed by atoms with Gasteiger partial charge in [-0.05, 0) is 38.6 Å². The van der Waals surface area contributed by atoms with Crippen LogP contribution in [0.3, 0.4) is 0 Å². The van der Waals surface area contributed by atoms with Crippen LogP contribution in [0.15, 0.2) is 23.1 Å². The first-order valence-electron chi connectivity index (χ1n) is 7.32. The molecule has 1 amide bonds. The predicted molar refractivity (Wildman–Crippen MR) is 94.2 cm³/mol. The lowest BCUT2D eigenvalue weighted by atomic mass is 10.1. The Kier molecular flexibility index (Phi) is 5.39. The molecule has 1 fully saturated rings. The highest BCUT2D eigenvalue weighted by Gasteiger charge is 2.69. The number of halogens is 2. The number of amides is 1. The average molecular weight is 409 g/mol. The van der Waals surface area contributed by atoms with Crippen LogP contribution in [0.2, 0.25) is 0 Å². The van der Waals surface area contributed by atoms with Gasteiger partial charge in [-0.15, -0.1) is 23.2 Å². The Labute approximate surface area is 156 Å². The number of nitrogens with one attached hydrogen (secondary N) is 2. The van der Waals surface area contributed by atoms with Crippen molar-refractivity contribution in [2.24, 2.45) is 5.41 Å². The molecule has 1 aromatic rings. The van der Waals surface area contributed by atoms with Gasteiger partial charge in [0.25, 0.3) is 5.91 Å². The van der Waals surface area contributed by atoms with Gasteiger partial charge in [0.15, 0.2) is 6.61 Å². The largest absolute Gasteiger partial charge is 0.455 e. The van der Waals surface area contributed by atoms with Gasteiger partial charge in [0, 0.05) is 12.1 Å². The first-order valence-corrected chi connectivity index (χ1v) is 9.56. The molecule has 0 saturated heterocycles. The number of ether oxygens (including phenoxy) is 1. The van der Waals surface area contributed by atoms with Gasteiger partial charge in [-0.1, -0.05) is 6.07 Å². The normalized spacial score (nSPS) is 21.5. The van der Waals surface area contributed by atoms with Crippen molar-refractivity contribution >= 4 is 50.8 Å². The van der Waals surface area contributed by atoms with Crippen LogP contribution in [0.5, 0.6) is 0 Å². The van der Waals surface area contributed by atoms with Crippen LogP contribution in [0.25, 0.3) is 0 Å². The van der Waals surface area contributed by atoms with E-state index in [1.54, 1.807) is 26.0 Å². The zero-order valence-corrected chi connectivity index (χ0v) is 16.2. The number of carbonyl (C=O) groups is 2. The van der Waals surface area contributed by atoms with Gasteiger partial charge in [0.2, 0.25) is 10.0 Å². The molecule has 0 aromatic heterocycles. The van der Waals surface area contributed by atoms with Crippen LogP contribution >= 0.6 is 23.2 Å². The molecule has 10 heteroatoms. The van der Waals surface area contributed by atoms with Gasteiger partial charge < -0.3 is 10.1 Å². The lowest BCUT2D eigenvalue weighted by Gasteiger charge is -2.13. The summed E-state index contributed by atoms with van der Waals surface area (Å²) in [6, 6.07) is 4.44. The van der Waals surface area contributed by atoms with Crippen molar-refractivity contribution in [2.75, 3.05) is 19.0 Å². The average Bonchev–Trinajstić information content (AvgIpc) is 3.06. The van der Waals surface area contributed by atoms with E-state index < -0.39 is 38.3 Å².